The number of carbonyl (C=O) groups is 1. The number of carbonyl (C=O) groups excluding carboxylic acids is 1. The monoisotopic (exact) mass is 287 g/mol. The molecule has 0 aliphatic carbocycles. The highest BCUT2D eigenvalue weighted by atomic mass is 16.5. The Balaban J connectivity index is 1.76. The van der Waals surface area contributed by atoms with Crippen molar-refractivity contribution in [1.29, 1.82) is 0 Å². The molecule has 0 aliphatic rings. The van der Waals surface area contributed by atoms with Crippen LogP contribution in [0.25, 0.3) is 10.8 Å². The third kappa shape index (κ3) is 5.17. The molecule has 0 atom stereocenters. The van der Waals surface area contributed by atoms with Gasteiger partial charge in [-0.25, -0.2) is 0 Å². The lowest BCUT2D eigenvalue weighted by molar-refractivity contribution is -0.120. The summed E-state index contributed by atoms with van der Waals surface area (Å²) in [7, 11) is 0. The average molecular weight is 287 g/mol. The summed E-state index contributed by atoms with van der Waals surface area (Å²) in [5, 5.41) is 13.8. The number of hydrogen-bond acceptors (Lipinski definition) is 3. The molecule has 0 heterocycles. The summed E-state index contributed by atoms with van der Waals surface area (Å²) >= 11 is 0. The Bertz CT molecular complexity index is 583. The van der Waals surface area contributed by atoms with Crippen LogP contribution < -0.4 is 5.32 Å². The SMILES string of the molecule is O=C(Cc1ccc2ccccc2c1)NCCCOCCO. The summed E-state index contributed by atoms with van der Waals surface area (Å²) in [5.41, 5.74) is 1.02. The van der Waals surface area contributed by atoms with Gasteiger partial charge in [0.1, 0.15) is 0 Å². The van der Waals surface area contributed by atoms with Crippen LogP contribution in [0.5, 0.6) is 0 Å². The molecule has 2 N–H and O–H groups in total. The molecule has 21 heavy (non-hydrogen) atoms. The quantitative estimate of drug-likeness (QED) is 0.729. The highest BCUT2D eigenvalue weighted by Crippen LogP contribution is 2.15. The van der Waals surface area contributed by atoms with E-state index in [1.54, 1.807) is 0 Å². The van der Waals surface area contributed by atoms with Gasteiger partial charge < -0.3 is 15.2 Å². The summed E-state index contributed by atoms with van der Waals surface area (Å²) in [4.78, 5) is 11.8. The summed E-state index contributed by atoms with van der Waals surface area (Å²) in [6, 6.07) is 14.2. The fourth-order valence-corrected chi connectivity index (χ4v) is 2.17. The fraction of sp³-hybridized carbons (Fsp3) is 0.353. The molecule has 4 heteroatoms. The Morgan fingerprint density at radius 3 is 2.71 bits per heavy atom. The van der Waals surface area contributed by atoms with Gasteiger partial charge in [0.05, 0.1) is 19.6 Å². The van der Waals surface area contributed by atoms with Crippen molar-refractivity contribution in [3.8, 4) is 0 Å². The van der Waals surface area contributed by atoms with Crippen LogP contribution in [0.3, 0.4) is 0 Å². The maximum atomic E-state index is 11.8. The van der Waals surface area contributed by atoms with E-state index >= 15 is 0 Å². The number of rotatable bonds is 8. The van der Waals surface area contributed by atoms with Gasteiger partial charge in [-0.05, 0) is 22.8 Å². The van der Waals surface area contributed by atoms with Gasteiger partial charge >= 0.3 is 0 Å². The number of nitrogens with one attached hydrogen (secondary N) is 1. The van der Waals surface area contributed by atoms with Crippen molar-refractivity contribution in [2.45, 2.75) is 12.8 Å². The van der Waals surface area contributed by atoms with Crippen molar-refractivity contribution in [3.63, 3.8) is 0 Å². The van der Waals surface area contributed by atoms with Crippen molar-refractivity contribution in [2.75, 3.05) is 26.4 Å². The van der Waals surface area contributed by atoms with E-state index in [9.17, 15) is 4.79 Å². The highest BCUT2D eigenvalue weighted by Gasteiger charge is 2.03. The molecule has 0 fully saturated rings. The Labute approximate surface area is 124 Å². The molecule has 1 amide bonds. The van der Waals surface area contributed by atoms with Crippen molar-refractivity contribution in [2.24, 2.45) is 0 Å². The largest absolute Gasteiger partial charge is 0.394 e. The first kappa shape index (κ1) is 15.5. The van der Waals surface area contributed by atoms with Crippen molar-refractivity contribution in [3.05, 3.63) is 48.0 Å². The van der Waals surface area contributed by atoms with Crippen LogP contribution in [-0.2, 0) is 16.0 Å². The van der Waals surface area contributed by atoms with Gasteiger partial charge in [-0.15, -0.1) is 0 Å². The lowest BCUT2D eigenvalue weighted by Crippen LogP contribution is -2.26. The molecule has 0 bridgehead atoms. The van der Waals surface area contributed by atoms with Crippen LogP contribution in [-0.4, -0.2) is 37.4 Å². The van der Waals surface area contributed by atoms with Crippen LogP contribution in [0.15, 0.2) is 42.5 Å². The summed E-state index contributed by atoms with van der Waals surface area (Å²) in [5.74, 6) is 0.0208. The molecule has 2 aromatic carbocycles. The van der Waals surface area contributed by atoms with E-state index in [2.05, 4.69) is 23.5 Å². The molecule has 0 spiro atoms. The number of aliphatic hydroxyl groups is 1. The molecule has 0 aromatic heterocycles. The first-order valence-corrected chi connectivity index (χ1v) is 7.22. The van der Waals surface area contributed by atoms with Gasteiger partial charge in [-0.1, -0.05) is 42.5 Å². The van der Waals surface area contributed by atoms with Crippen LogP contribution in [0.4, 0.5) is 0 Å². The van der Waals surface area contributed by atoms with Gasteiger partial charge in [0.2, 0.25) is 5.91 Å². The zero-order chi connectivity index (χ0) is 14.9. The van der Waals surface area contributed by atoms with Gasteiger partial charge in [-0.3, -0.25) is 4.79 Å². The predicted molar refractivity (Wildman–Crippen MR) is 83.2 cm³/mol. The standard InChI is InChI=1S/C17H21NO3/c19-9-11-21-10-3-8-18-17(20)13-14-6-7-15-4-1-2-5-16(15)12-14/h1-2,4-7,12,19H,3,8-11,13H2,(H,18,20). The zero-order valence-corrected chi connectivity index (χ0v) is 12.0. The minimum Gasteiger partial charge on any atom is -0.394 e. The van der Waals surface area contributed by atoms with Crippen LogP contribution in [0.1, 0.15) is 12.0 Å². The topological polar surface area (TPSA) is 58.6 Å². The second kappa shape index (κ2) is 8.39. The van der Waals surface area contributed by atoms with Gasteiger partial charge in [0.15, 0.2) is 0 Å². The molecule has 4 nitrogen and oxygen atoms in total. The fourth-order valence-electron chi connectivity index (χ4n) is 2.17. The number of ether oxygens (including phenoxy) is 1. The molecule has 0 radical (unpaired) electrons. The second-order valence-corrected chi connectivity index (χ2v) is 4.90. The zero-order valence-electron chi connectivity index (χ0n) is 12.0. The lowest BCUT2D eigenvalue weighted by Gasteiger charge is -2.06. The van der Waals surface area contributed by atoms with E-state index in [1.165, 1.54) is 5.39 Å². The molecule has 0 unspecified atom stereocenters. The van der Waals surface area contributed by atoms with E-state index in [0.29, 0.717) is 26.2 Å². The first-order chi connectivity index (χ1) is 10.3. The van der Waals surface area contributed by atoms with E-state index < -0.39 is 0 Å². The third-order valence-corrected chi connectivity index (χ3v) is 3.20. The van der Waals surface area contributed by atoms with E-state index in [4.69, 9.17) is 9.84 Å². The maximum Gasteiger partial charge on any atom is 0.224 e. The first-order valence-electron chi connectivity index (χ1n) is 7.22. The summed E-state index contributed by atoms with van der Waals surface area (Å²) in [6.07, 6.45) is 1.14. The van der Waals surface area contributed by atoms with Gasteiger partial charge in [0, 0.05) is 13.2 Å². The number of benzene rings is 2. The molecule has 2 aromatic rings. The van der Waals surface area contributed by atoms with E-state index in [1.807, 2.05) is 24.3 Å². The van der Waals surface area contributed by atoms with Crippen molar-refractivity contribution in [1.82, 2.24) is 5.32 Å². The number of aliphatic hydroxyl groups excluding tert-OH is 1. The van der Waals surface area contributed by atoms with Gasteiger partial charge in [0.25, 0.3) is 0 Å². The minimum atomic E-state index is 0.0208. The average Bonchev–Trinajstić information content (AvgIpc) is 2.50. The van der Waals surface area contributed by atoms with Crippen LogP contribution >= 0.6 is 0 Å². The Morgan fingerprint density at radius 1 is 1.10 bits per heavy atom. The maximum absolute atomic E-state index is 11.8. The number of amides is 1. The third-order valence-electron chi connectivity index (χ3n) is 3.20. The molecule has 0 saturated carbocycles. The Morgan fingerprint density at radius 2 is 1.90 bits per heavy atom. The summed E-state index contributed by atoms with van der Waals surface area (Å²) in [6.45, 7) is 1.54. The molecule has 0 aliphatic heterocycles. The smallest absolute Gasteiger partial charge is 0.224 e. The second-order valence-electron chi connectivity index (χ2n) is 4.90. The molecule has 112 valence electrons. The Kier molecular flexibility index (Phi) is 6.19. The lowest BCUT2D eigenvalue weighted by atomic mass is 10.0. The van der Waals surface area contributed by atoms with Gasteiger partial charge in [-0.2, -0.15) is 0 Å². The summed E-state index contributed by atoms with van der Waals surface area (Å²) < 4.78 is 5.13. The van der Waals surface area contributed by atoms with Crippen molar-refractivity contribution < 1.29 is 14.6 Å². The number of fused-ring (bicyclic) bond motifs is 1. The van der Waals surface area contributed by atoms with Crippen LogP contribution in [0.2, 0.25) is 0 Å². The van der Waals surface area contributed by atoms with Crippen LogP contribution in [0, 0.1) is 0 Å². The molecule has 2 rings (SSSR count). The predicted octanol–water partition coefficient (Wildman–Crippen LogP) is 1.90. The van der Waals surface area contributed by atoms with E-state index in [-0.39, 0.29) is 12.5 Å². The Hall–Kier alpha value is -1.91. The molecular weight excluding hydrogens is 266 g/mol. The normalized spacial score (nSPS) is 10.7. The minimum absolute atomic E-state index is 0.0208. The molecule has 0 saturated heterocycles. The molecular formula is C17H21NO3. The number of hydrogen-bond donors (Lipinski definition) is 2. The van der Waals surface area contributed by atoms with Crippen molar-refractivity contribution >= 4 is 16.7 Å². The van der Waals surface area contributed by atoms with E-state index in [0.717, 1.165) is 17.4 Å². The highest BCUT2D eigenvalue weighted by molar-refractivity contribution is 5.85.